The highest BCUT2D eigenvalue weighted by atomic mass is 16.5. The van der Waals surface area contributed by atoms with E-state index in [1.807, 2.05) is 38.1 Å². The fourth-order valence-corrected chi connectivity index (χ4v) is 3.99. The van der Waals surface area contributed by atoms with Crippen molar-refractivity contribution in [3.8, 4) is 5.75 Å². The highest BCUT2D eigenvalue weighted by Crippen LogP contribution is 2.47. The maximum absolute atomic E-state index is 13.2. The van der Waals surface area contributed by atoms with E-state index in [2.05, 4.69) is 0 Å². The fraction of sp³-hybridized carbons (Fsp3) is 0.286. The Bertz CT molecular complexity index is 902. The van der Waals surface area contributed by atoms with Gasteiger partial charge in [0.15, 0.2) is 0 Å². The smallest absolute Gasteiger partial charge is 0.324 e. The van der Waals surface area contributed by atoms with Crippen molar-refractivity contribution in [3.05, 3.63) is 59.7 Å². The van der Waals surface area contributed by atoms with Crippen LogP contribution in [0.3, 0.4) is 0 Å². The molecule has 26 heavy (non-hydrogen) atoms. The average Bonchev–Trinajstić information content (AvgIpc) is 2.63. The number of amides is 2. The van der Waals surface area contributed by atoms with Gasteiger partial charge in [-0.15, -0.1) is 0 Å². The standard InChI is InChI=1S/C21H19NO4/c1-3-14-17-15-6-4-5-7-16(15)26-21(25)18(17)20(24)22(19(14)23)13-10-8-12(2)9-11-13/h4-11,14,17-18H,3H2,1-2H3/t14-,17+,18+/m0/s1. The molecule has 2 aromatic rings. The lowest BCUT2D eigenvalue weighted by molar-refractivity contribution is -0.151. The van der Waals surface area contributed by atoms with E-state index in [1.54, 1.807) is 24.3 Å². The molecule has 0 radical (unpaired) electrons. The second-order valence-electron chi connectivity index (χ2n) is 6.82. The van der Waals surface area contributed by atoms with Crippen LogP contribution in [-0.2, 0) is 14.4 Å². The van der Waals surface area contributed by atoms with E-state index in [-0.39, 0.29) is 5.91 Å². The van der Waals surface area contributed by atoms with E-state index in [0.717, 1.165) is 16.0 Å². The lowest BCUT2D eigenvalue weighted by Crippen LogP contribution is -2.57. The first-order valence-corrected chi connectivity index (χ1v) is 8.78. The molecule has 0 spiro atoms. The van der Waals surface area contributed by atoms with Crippen molar-refractivity contribution in [2.45, 2.75) is 26.2 Å². The Morgan fingerprint density at radius 3 is 2.35 bits per heavy atom. The number of ether oxygens (including phenoxy) is 1. The normalized spacial score (nSPS) is 24.8. The zero-order chi connectivity index (χ0) is 18.4. The number of aryl methyl sites for hydroxylation is 1. The fourth-order valence-electron chi connectivity index (χ4n) is 3.99. The van der Waals surface area contributed by atoms with Gasteiger partial charge in [-0.3, -0.25) is 14.4 Å². The Balaban J connectivity index is 1.84. The van der Waals surface area contributed by atoms with Gasteiger partial charge in [-0.05, 0) is 31.5 Å². The zero-order valence-electron chi connectivity index (χ0n) is 14.6. The van der Waals surface area contributed by atoms with Gasteiger partial charge < -0.3 is 4.74 Å². The number of rotatable bonds is 2. The number of benzene rings is 2. The first-order chi connectivity index (χ1) is 12.5. The monoisotopic (exact) mass is 349 g/mol. The van der Waals surface area contributed by atoms with Crippen molar-refractivity contribution in [3.63, 3.8) is 0 Å². The minimum Gasteiger partial charge on any atom is -0.426 e. The zero-order valence-corrected chi connectivity index (χ0v) is 14.6. The summed E-state index contributed by atoms with van der Waals surface area (Å²) in [6, 6.07) is 14.3. The van der Waals surface area contributed by atoms with E-state index < -0.39 is 29.6 Å². The van der Waals surface area contributed by atoms with Crippen LogP contribution >= 0.6 is 0 Å². The third-order valence-corrected chi connectivity index (χ3v) is 5.29. The molecule has 2 aliphatic rings. The number of para-hydroxylation sites is 1. The SMILES string of the molecule is CC[C@@H]1C(=O)N(c2ccc(C)cc2)C(=O)[C@@H]2C(=O)Oc3ccccc3[C@H]21. The van der Waals surface area contributed by atoms with E-state index in [4.69, 9.17) is 4.74 Å². The molecule has 0 aliphatic carbocycles. The summed E-state index contributed by atoms with van der Waals surface area (Å²) in [6.45, 7) is 3.84. The van der Waals surface area contributed by atoms with Crippen molar-refractivity contribution >= 4 is 23.5 Å². The number of anilines is 1. The first-order valence-electron chi connectivity index (χ1n) is 8.78. The van der Waals surface area contributed by atoms with Crippen molar-refractivity contribution in [1.82, 2.24) is 0 Å². The van der Waals surface area contributed by atoms with Gasteiger partial charge in [-0.1, -0.05) is 42.8 Å². The molecular weight excluding hydrogens is 330 g/mol. The Hall–Kier alpha value is -2.95. The van der Waals surface area contributed by atoms with Gasteiger partial charge >= 0.3 is 5.97 Å². The number of carbonyl (C=O) groups is 3. The Morgan fingerprint density at radius 1 is 0.962 bits per heavy atom. The van der Waals surface area contributed by atoms with Crippen LogP contribution in [0.1, 0.15) is 30.4 Å². The molecule has 5 heteroatoms. The van der Waals surface area contributed by atoms with Gasteiger partial charge in [0, 0.05) is 17.4 Å². The van der Waals surface area contributed by atoms with Crippen molar-refractivity contribution < 1.29 is 19.1 Å². The van der Waals surface area contributed by atoms with Crippen molar-refractivity contribution in [2.24, 2.45) is 11.8 Å². The largest absolute Gasteiger partial charge is 0.426 e. The summed E-state index contributed by atoms with van der Waals surface area (Å²) in [6.07, 6.45) is 0.539. The van der Waals surface area contributed by atoms with Crippen LogP contribution in [0.4, 0.5) is 5.69 Å². The quantitative estimate of drug-likeness (QED) is 0.361. The summed E-state index contributed by atoms with van der Waals surface area (Å²) in [7, 11) is 0. The summed E-state index contributed by atoms with van der Waals surface area (Å²) in [5.74, 6) is -2.82. The van der Waals surface area contributed by atoms with Crippen molar-refractivity contribution in [2.75, 3.05) is 4.90 Å². The number of hydrogen-bond donors (Lipinski definition) is 0. The predicted molar refractivity (Wildman–Crippen MR) is 95.8 cm³/mol. The topological polar surface area (TPSA) is 63.7 Å². The molecule has 2 amide bonds. The van der Waals surface area contributed by atoms with Crippen LogP contribution in [-0.4, -0.2) is 17.8 Å². The molecule has 0 unspecified atom stereocenters. The highest BCUT2D eigenvalue weighted by Gasteiger charge is 2.55. The molecule has 2 aromatic carbocycles. The number of carbonyl (C=O) groups excluding carboxylic acids is 3. The van der Waals surface area contributed by atoms with E-state index in [0.29, 0.717) is 17.9 Å². The number of fused-ring (bicyclic) bond motifs is 3. The Labute approximate surface area is 151 Å². The molecule has 5 nitrogen and oxygen atoms in total. The van der Waals surface area contributed by atoms with Gasteiger partial charge in [-0.2, -0.15) is 0 Å². The molecule has 0 N–H and O–H groups in total. The molecule has 132 valence electrons. The van der Waals surface area contributed by atoms with Crippen LogP contribution < -0.4 is 9.64 Å². The van der Waals surface area contributed by atoms with Gasteiger partial charge in [0.25, 0.3) is 0 Å². The maximum atomic E-state index is 13.2. The van der Waals surface area contributed by atoms with Crippen LogP contribution in [0.2, 0.25) is 0 Å². The summed E-state index contributed by atoms with van der Waals surface area (Å²) in [4.78, 5) is 40.1. The highest BCUT2D eigenvalue weighted by molar-refractivity contribution is 6.23. The average molecular weight is 349 g/mol. The van der Waals surface area contributed by atoms with Crippen LogP contribution in [0.15, 0.2) is 48.5 Å². The molecule has 2 heterocycles. The molecule has 0 bridgehead atoms. The molecule has 1 fully saturated rings. The lowest BCUT2D eigenvalue weighted by Gasteiger charge is -2.42. The lowest BCUT2D eigenvalue weighted by atomic mass is 9.70. The second kappa shape index (κ2) is 6.09. The maximum Gasteiger partial charge on any atom is 0.324 e. The van der Waals surface area contributed by atoms with Crippen LogP contribution in [0, 0.1) is 18.8 Å². The van der Waals surface area contributed by atoms with E-state index in [9.17, 15) is 14.4 Å². The number of hydrogen-bond acceptors (Lipinski definition) is 4. The first kappa shape index (κ1) is 16.5. The molecule has 0 saturated carbocycles. The summed E-state index contributed by atoms with van der Waals surface area (Å²) >= 11 is 0. The van der Waals surface area contributed by atoms with Gasteiger partial charge in [0.2, 0.25) is 11.8 Å². The van der Waals surface area contributed by atoms with Gasteiger partial charge in [0.1, 0.15) is 11.7 Å². The number of esters is 1. The van der Waals surface area contributed by atoms with Crippen LogP contribution in [0.25, 0.3) is 0 Å². The van der Waals surface area contributed by atoms with E-state index >= 15 is 0 Å². The molecular formula is C21H19NO4. The molecule has 0 aromatic heterocycles. The molecule has 4 rings (SSSR count). The Kier molecular flexibility index (Phi) is 3.87. The summed E-state index contributed by atoms with van der Waals surface area (Å²) in [5.41, 5.74) is 2.28. The van der Waals surface area contributed by atoms with Crippen molar-refractivity contribution in [1.29, 1.82) is 0 Å². The molecule has 1 saturated heterocycles. The van der Waals surface area contributed by atoms with E-state index in [1.165, 1.54) is 0 Å². The predicted octanol–water partition coefficient (Wildman–Crippen LogP) is 3.21. The molecule has 3 atom stereocenters. The molecule has 2 aliphatic heterocycles. The summed E-state index contributed by atoms with van der Waals surface area (Å²) in [5, 5.41) is 0. The third kappa shape index (κ3) is 2.35. The van der Waals surface area contributed by atoms with Gasteiger partial charge in [-0.25, -0.2) is 4.90 Å². The van der Waals surface area contributed by atoms with Crippen LogP contribution in [0.5, 0.6) is 5.75 Å². The minimum atomic E-state index is -0.992. The Morgan fingerprint density at radius 2 is 1.65 bits per heavy atom. The minimum absolute atomic E-state index is 0.257. The number of nitrogens with zero attached hydrogens (tertiary/aromatic N) is 1. The number of piperidine rings is 1. The second-order valence-corrected chi connectivity index (χ2v) is 6.82. The number of imide groups is 1. The van der Waals surface area contributed by atoms with Gasteiger partial charge in [0.05, 0.1) is 5.69 Å². The third-order valence-electron chi connectivity index (χ3n) is 5.29. The summed E-state index contributed by atoms with van der Waals surface area (Å²) < 4.78 is 5.41.